The molecule has 4 rings (SSSR count). The van der Waals surface area contributed by atoms with Crippen molar-refractivity contribution in [2.45, 2.75) is 72.4 Å². The van der Waals surface area contributed by atoms with Crippen LogP contribution in [0.2, 0.25) is 0 Å². The van der Waals surface area contributed by atoms with Gasteiger partial charge in [-0.2, -0.15) is 5.10 Å². The molecule has 1 fully saturated rings. The summed E-state index contributed by atoms with van der Waals surface area (Å²) < 4.78 is 8.38. The van der Waals surface area contributed by atoms with Crippen molar-refractivity contribution in [3.05, 3.63) is 58.5 Å². The minimum Gasteiger partial charge on any atom is -0.443 e. The summed E-state index contributed by atoms with van der Waals surface area (Å²) in [5, 5.41) is 10.2. The van der Waals surface area contributed by atoms with Crippen molar-refractivity contribution in [1.82, 2.24) is 24.8 Å². The van der Waals surface area contributed by atoms with E-state index in [1.807, 2.05) is 19.9 Å². The van der Waals surface area contributed by atoms with Gasteiger partial charge in [0, 0.05) is 25.8 Å². The largest absolute Gasteiger partial charge is 0.443 e. The number of rotatable bonds is 6. The third kappa shape index (κ3) is 5.90. The average molecular weight is 509 g/mol. The summed E-state index contributed by atoms with van der Waals surface area (Å²) in [4.78, 5) is 43.5. The Bertz CT molecular complexity index is 1450. The number of hydrogen-bond donors (Lipinski definition) is 2. The first-order chi connectivity index (χ1) is 17.5. The van der Waals surface area contributed by atoms with Crippen molar-refractivity contribution in [3.63, 3.8) is 0 Å². The SMILES string of the molecule is CCCNC(=O)c1cn2ncn(C(=O)OC(C)(C)C)c(=Nc3cc(C(=O)NC4CC4)ccc3C)c2c1C.[HH]. The lowest BCUT2D eigenvalue weighted by Crippen LogP contribution is -2.35. The van der Waals surface area contributed by atoms with Gasteiger partial charge < -0.3 is 15.4 Å². The van der Waals surface area contributed by atoms with Gasteiger partial charge in [-0.25, -0.2) is 18.9 Å². The molecule has 10 nitrogen and oxygen atoms in total. The van der Waals surface area contributed by atoms with E-state index in [9.17, 15) is 14.4 Å². The summed E-state index contributed by atoms with van der Waals surface area (Å²) in [5.41, 5.74) is 2.88. The smallest absolute Gasteiger partial charge is 0.421 e. The zero-order valence-electron chi connectivity index (χ0n) is 22.2. The number of nitrogens with one attached hydrogen (secondary N) is 2. The number of carbonyl (C=O) groups excluding carboxylic acids is 3. The maximum Gasteiger partial charge on any atom is 0.421 e. The molecule has 2 N–H and O–H groups in total. The van der Waals surface area contributed by atoms with Crippen molar-refractivity contribution in [2.75, 3.05) is 6.54 Å². The van der Waals surface area contributed by atoms with Crippen LogP contribution in [-0.2, 0) is 4.74 Å². The number of benzene rings is 1. The van der Waals surface area contributed by atoms with Crippen LogP contribution < -0.4 is 16.1 Å². The molecule has 2 heterocycles. The normalized spacial score (nSPS) is 14.1. The first-order valence-electron chi connectivity index (χ1n) is 12.6. The topological polar surface area (TPSA) is 119 Å². The molecule has 0 saturated heterocycles. The third-order valence-corrected chi connectivity index (χ3v) is 5.95. The Hall–Kier alpha value is -3.95. The second-order valence-electron chi connectivity index (χ2n) is 10.4. The van der Waals surface area contributed by atoms with E-state index in [1.54, 1.807) is 46.0 Å². The van der Waals surface area contributed by atoms with E-state index in [-0.39, 0.29) is 24.8 Å². The van der Waals surface area contributed by atoms with Gasteiger partial charge in [-0.15, -0.1) is 0 Å². The van der Waals surface area contributed by atoms with E-state index < -0.39 is 11.7 Å². The molecular formula is C27H36N6O4. The Morgan fingerprint density at radius 1 is 1.19 bits per heavy atom. The highest BCUT2D eigenvalue weighted by atomic mass is 16.6. The molecule has 1 aliphatic carbocycles. The van der Waals surface area contributed by atoms with Crippen LogP contribution in [0.4, 0.5) is 10.5 Å². The first kappa shape index (κ1) is 26.1. The molecule has 37 heavy (non-hydrogen) atoms. The van der Waals surface area contributed by atoms with Crippen molar-refractivity contribution >= 4 is 29.1 Å². The number of carbonyl (C=O) groups is 3. The second kappa shape index (κ2) is 10.2. The molecule has 3 aromatic rings. The molecule has 10 heteroatoms. The van der Waals surface area contributed by atoms with E-state index in [2.05, 4.69) is 15.7 Å². The van der Waals surface area contributed by atoms with Crippen LogP contribution in [-0.4, -0.2) is 50.3 Å². The lowest BCUT2D eigenvalue weighted by molar-refractivity contribution is 0.0527. The van der Waals surface area contributed by atoms with Gasteiger partial charge in [0.25, 0.3) is 11.8 Å². The highest BCUT2D eigenvalue weighted by Crippen LogP contribution is 2.23. The molecule has 1 aliphatic rings. The summed E-state index contributed by atoms with van der Waals surface area (Å²) >= 11 is 0. The summed E-state index contributed by atoms with van der Waals surface area (Å²) in [5.74, 6) is -0.387. The quantitative estimate of drug-likeness (QED) is 0.521. The van der Waals surface area contributed by atoms with Crippen LogP contribution in [0.3, 0.4) is 0 Å². The molecule has 2 aromatic heterocycles. The summed E-state index contributed by atoms with van der Waals surface area (Å²) in [6.45, 7) is 11.5. The molecule has 0 unspecified atom stereocenters. The van der Waals surface area contributed by atoms with Crippen molar-refractivity contribution in [2.24, 2.45) is 4.99 Å². The number of ether oxygens (including phenoxy) is 1. The molecule has 0 radical (unpaired) electrons. The highest BCUT2D eigenvalue weighted by molar-refractivity contribution is 5.98. The van der Waals surface area contributed by atoms with Crippen LogP contribution in [0.1, 0.15) is 80.2 Å². The molecule has 1 aromatic carbocycles. The van der Waals surface area contributed by atoms with Gasteiger partial charge in [-0.05, 0) is 77.1 Å². The van der Waals surface area contributed by atoms with E-state index >= 15 is 0 Å². The monoisotopic (exact) mass is 508 g/mol. The van der Waals surface area contributed by atoms with Crippen molar-refractivity contribution < 1.29 is 20.5 Å². The van der Waals surface area contributed by atoms with Gasteiger partial charge in [-0.3, -0.25) is 9.59 Å². The Labute approximate surface area is 217 Å². The zero-order valence-corrected chi connectivity index (χ0v) is 22.2. The zero-order chi connectivity index (χ0) is 26.9. The van der Waals surface area contributed by atoms with E-state index in [0.717, 1.165) is 24.8 Å². The third-order valence-electron chi connectivity index (χ3n) is 5.95. The molecule has 198 valence electrons. The minimum atomic E-state index is -0.744. The molecule has 1 saturated carbocycles. The fourth-order valence-electron chi connectivity index (χ4n) is 3.82. The molecule has 0 aliphatic heterocycles. The van der Waals surface area contributed by atoms with Gasteiger partial charge >= 0.3 is 6.09 Å². The number of aryl methyl sites for hydroxylation is 2. The second-order valence-corrected chi connectivity index (χ2v) is 10.4. The average Bonchev–Trinajstić information content (AvgIpc) is 3.58. The molecule has 2 amide bonds. The number of amides is 2. The van der Waals surface area contributed by atoms with E-state index in [4.69, 9.17) is 9.73 Å². The summed E-state index contributed by atoms with van der Waals surface area (Å²) in [6, 6.07) is 5.51. The van der Waals surface area contributed by atoms with E-state index in [1.165, 1.54) is 15.4 Å². The maximum atomic E-state index is 13.2. The Balaban J connectivity index is 0.00000400. The van der Waals surface area contributed by atoms with E-state index in [0.29, 0.717) is 34.4 Å². The van der Waals surface area contributed by atoms with Gasteiger partial charge in [0.1, 0.15) is 17.4 Å². The minimum absolute atomic E-state index is 0. The summed E-state index contributed by atoms with van der Waals surface area (Å²) in [6.07, 6.45) is 5.08. The van der Waals surface area contributed by atoms with Gasteiger partial charge in [-0.1, -0.05) is 13.0 Å². The predicted molar refractivity (Wildman–Crippen MR) is 141 cm³/mol. The summed E-state index contributed by atoms with van der Waals surface area (Å²) in [7, 11) is 0. The van der Waals surface area contributed by atoms with Gasteiger partial charge in [0.2, 0.25) is 0 Å². The van der Waals surface area contributed by atoms with Crippen molar-refractivity contribution in [1.29, 1.82) is 0 Å². The van der Waals surface area contributed by atoms with Crippen LogP contribution in [0.15, 0.2) is 35.7 Å². The predicted octanol–water partition coefficient (Wildman–Crippen LogP) is 4.05. The molecular weight excluding hydrogens is 472 g/mol. The first-order valence-corrected chi connectivity index (χ1v) is 12.6. The fraction of sp³-hybridized carbons (Fsp3) is 0.444. The standard InChI is InChI=1S/C27H34N6O4.H2/c1-7-12-28-25(35)20-14-33-22(17(20)3)23(32(15-29-33)26(36)37-27(4,5)6)31-21-13-18(9-8-16(21)2)24(34)30-19-10-11-19;/h8-9,13-15,19H,7,10-12H2,1-6H3,(H,28,35)(H,30,34);1H. The van der Waals surface area contributed by atoms with Crippen LogP contribution in [0, 0.1) is 13.8 Å². The lowest BCUT2D eigenvalue weighted by Gasteiger charge is -2.20. The fourth-order valence-corrected chi connectivity index (χ4v) is 3.82. The number of aromatic nitrogens is 3. The van der Waals surface area contributed by atoms with Crippen molar-refractivity contribution in [3.8, 4) is 0 Å². The Morgan fingerprint density at radius 3 is 2.57 bits per heavy atom. The van der Waals surface area contributed by atoms with Crippen LogP contribution >= 0.6 is 0 Å². The Kier molecular flexibility index (Phi) is 7.20. The molecule has 0 spiro atoms. The highest BCUT2D eigenvalue weighted by Gasteiger charge is 2.25. The molecule has 0 atom stereocenters. The Morgan fingerprint density at radius 2 is 1.92 bits per heavy atom. The lowest BCUT2D eigenvalue weighted by atomic mass is 10.1. The van der Waals surface area contributed by atoms with Gasteiger partial charge in [0.05, 0.1) is 11.3 Å². The maximum absolute atomic E-state index is 13.2. The number of fused-ring (bicyclic) bond motifs is 1. The van der Waals surface area contributed by atoms with Gasteiger partial charge in [0.15, 0.2) is 5.49 Å². The molecule has 0 bridgehead atoms. The van der Waals surface area contributed by atoms with Crippen LogP contribution in [0.5, 0.6) is 0 Å². The number of nitrogens with zero attached hydrogens (tertiary/aromatic N) is 4. The number of hydrogen-bond acceptors (Lipinski definition) is 6. The van der Waals surface area contributed by atoms with Crippen LogP contribution in [0.25, 0.3) is 5.52 Å².